The zero-order valence-electron chi connectivity index (χ0n) is 12.1. The van der Waals surface area contributed by atoms with Crippen molar-refractivity contribution in [1.29, 1.82) is 0 Å². The maximum atomic E-state index is 13.1. The van der Waals surface area contributed by atoms with Crippen molar-refractivity contribution in [1.82, 2.24) is 10.2 Å². The number of hydrogen-bond donors (Lipinski definition) is 1. The molecule has 0 aromatic heterocycles. The molecule has 21 heavy (non-hydrogen) atoms. The number of nitrogens with zero attached hydrogens (tertiary/aromatic N) is 1. The smallest absolute Gasteiger partial charge is 0.248 e. The Morgan fingerprint density at radius 2 is 2.05 bits per heavy atom. The third kappa shape index (κ3) is 4.75. The molecular formula is C15H20F2N2O2. The first-order chi connectivity index (χ1) is 10.1. The second-order valence-electron chi connectivity index (χ2n) is 5.26. The Morgan fingerprint density at radius 3 is 2.71 bits per heavy atom. The quantitative estimate of drug-likeness (QED) is 0.899. The second kappa shape index (κ2) is 7.47. The van der Waals surface area contributed by atoms with Crippen LogP contribution in [0.4, 0.5) is 8.78 Å². The van der Waals surface area contributed by atoms with E-state index < -0.39 is 11.6 Å². The lowest BCUT2D eigenvalue weighted by Gasteiger charge is -2.24. The largest absolute Gasteiger partial charge is 0.368 e. The highest BCUT2D eigenvalue weighted by Gasteiger charge is 2.17. The molecule has 0 unspecified atom stereocenters. The molecule has 1 aromatic rings. The fourth-order valence-corrected chi connectivity index (χ4v) is 2.26. The first-order valence-corrected chi connectivity index (χ1v) is 7.06. The van der Waals surface area contributed by atoms with Crippen LogP contribution in [0, 0.1) is 11.6 Å². The van der Waals surface area contributed by atoms with Gasteiger partial charge in [0.2, 0.25) is 5.91 Å². The van der Waals surface area contributed by atoms with E-state index in [1.165, 1.54) is 11.0 Å². The van der Waals surface area contributed by atoms with Gasteiger partial charge in [-0.15, -0.1) is 0 Å². The number of piperidine rings is 1. The number of ether oxygens (including phenoxy) is 1. The Kier molecular flexibility index (Phi) is 5.64. The van der Waals surface area contributed by atoms with Gasteiger partial charge in [0.15, 0.2) is 11.6 Å². The number of carbonyl (C=O) groups excluding carboxylic acids is 1. The predicted octanol–water partition coefficient (Wildman–Crippen LogP) is 1.69. The predicted molar refractivity (Wildman–Crippen MR) is 74.7 cm³/mol. The number of rotatable bonds is 5. The Bertz CT molecular complexity index is 491. The summed E-state index contributed by atoms with van der Waals surface area (Å²) in [6.45, 7) is 2.06. The molecule has 1 fully saturated rings. The van der Waals surface area contributed by atoms with Gasteiger partial charge in [0.1, 0.15) is 6.61 Å². The third-order valence-corrected chi connectivity index (χ3v) is 3.56. The zero-order valence-corrected chi connectivity index (χ0v) is 12.1. The number of nitrogens with one attached hydrogen (secondary N) is 1. The van der Waals surface area contributed by atoms with Crippen molar-refractivity contribution >= 4 is 5.91 Å². The fourth-order valence-electron chi connectivity index (χ4n) is 2.26. The van der Waals surface area contributed by atoms with Crippen molar-refractivity contribution in [3.63, 3.8) is 0 Å². The Morgan fingerprint density at radius 1 is 1.33 bits per heavy atom. The van der Waals surface area contributed by atoms with Crippen molar-refractivity contribution in [3.05, 3.63) is 35.4 Å². The molecule has 1 N–H and O–H groups in total. The molecule has 0 radical (unpaired) electrons. The second-order valence-corrected chi connectivity index (χ2v) is 5.26. The summed E-state index contributed by atoms with van der Waals surface area (Å²) in [5.74, 6) is -1.96. The zero-order chi connectivity index (χ0) is 15.2. The van der Waals surface area contributed by atoms with Crippen LogP contribution < -0.4 is 5.32 Å². The molecule has 6 heteroatoms. The molecule has 4 nitrogen and oxygen atoms in total. The minimum Gasteiger partial charge on any atom is -0.368 e. The van der Waals surface area contributed by atoms with Crippen LogP contribution in [-0.4, -0.2) is 43.7 Å². The van der Waals surface area contributed by atoms with Crippen LogP contribution in [0.3, 0.4) is 0 Å². The highest BCUT2D eigenvalue weighted by atomic mass is 19.2. The van der Waals surface area contributed by atoms with E-state index in [0.717, 1.165) is 38.1 Å². The van der Waals surface area contributed by atoms with Gasteiger partial charge in [-0.3, -0.25) is 4.79 Å². The third-order valence-electron chi connectivity index (χ3n) is 3.56. The monoisotopic (exact) mass is 298 g/mol. The molecule has 1 aliphatic heterocycles. The summed E-state index contributed by atoms with van der Waals surface area (Å²) in [6, 6.07) is 3.64. The van der Waals surface area contributed by atoms with E-state index in [4.69, 9.17) is 4.74 Å². The number of carbonyl (C=O) groups is 1. The van der Waals surface area contributed by atoms with Gasteiger partial charge in [0.05, 0.1) is 6.10 Å². The number of hydrogen-bond acceptors (Lipinski definition) is 3. The Labute approximate surface area is 123 Å². The van der Waals surface area contributed by atoms with Gasteiger partial charge in [0, 0.05) is 13.6 Å². The van der Waals surface area contributed by atoms with Gasteiger partial charge < -0.3 is 15.0 Å². The average Bonchev–Trinajstić information content (AvgIpc) is 2.49. The molecule has 116 valence electrons. The maximum Gasteiger partial charge on any atom is 0.248 e. The number of amides is 1. The van der Waals surface area contributed by atoms with E-state index in [1.54, 1.807) is 7.05 Å². The number of benzene rings is 1. The molecule has 0 spiro atoms. The van der Waals surface area contributed by atoms with Crippen LogP contribution in [0.15, 0.2) is 18.2 Å². The van der Waals surface area contributed by atoms with Gasteiger partial charge in [0.25, 0.3) is 0 Å². The standard InChI is InChI=1S/C15H20F2N2O2/c1-19(9-11-2-3-13(16)14(17)8-11)15(20)10-21-12-4-6-18-7-5-12/h2-3,8,12,18H,4-7,9-10H2,1H3. The number of likely N-dealkylation sites (N-methyl/N-ethyl adjacent to an activating group) is 1. The maximum absolute atomic E-state index is 13.1. The highest BCUT2D eigenvalue weighted by molar-refractivity contribution is 5.77. The van der Waals surface area contributed by atoms with E-state index in [9.17, 15) is 13.6 Å². The highest BCUT2D eigenvalue weighted by Crippen LogP contribution is 2.11. The van der Waals surface area contributed by atoms with Crippen LogP contribution in [0.5, 0.6) is 0 Å². The molecule has 1 aliphatic rings. The molecule has 1 aromatic carbocycles. The lowest BCUT2D eigenvalue weighted by atomic mass is 10.1. The van der Waals surface area contributed by atoms with Crippen LogP contribution in [0.2, 0.25) is 0 Å². The first-order valence-electron chi connectivity index (χ1n) is 7.06. The lowest BCUT2D eigenvalue weighted by molar-refractivity contribution is -0.137. The molecule has 0 bridgehead atoms. The van der Waals surface area contributed by atoms with Crippen molar-refractivity contribution in [2.24, 2.45) is 0 Å². The molecule has 1 heterocycles. The summed E-state index contributed by atoms with van der Waals surface area (Å²) < 4.78 is 31.5. The summed E-state index contributed by atoms with van der Waals surface area (Å²) in [4.78, 5) is 13.4. The van der Waals surface area contributed by atoms with Gasteiger partial charge in [-0.2, -0.15) is 0 Å². The minimum atomic E-state index is -0.903. The first kappa shape index (κ1) is 15.9. The van der Waals surface area contributed by atoms with Crippen molar-refractivity contribution in [2.45, 2.75) is 25.5 Å². The van der Waals surface area contributed by atoms with E-state index >= 15 is 0 Å². The van der Waals surface area contributed by atoms with Crippen molar-refractivity contribution < 1.29 is 18.3 Å². The topological polar surface area (TPSA) is 41.6 Å². The summed E-state index contributed by atoms with van der Waals surface area (Å²) >= 11 is 0. The van der Waals surface area contributed by atoms with Crippen molar-refractivity contribution in [2.75, 3.05) is 26.7 Å². The van der Waals surface area contributed by atoms with Crippen molar-refractivity contribution in [3.8, 4) is 0 Å². The summed E-state index contributed by atoms with van der Waals surface area (Å²) in [5, 5.41) is 3.23. The van der Waals surface area contributed by atoms with Crippen LogP contribution in [-0.2, 0) is 16.1 Å². The average molecular weight is 298 g/mol. The van der Waals surface area contributed by atoms with E-state index in [0.29, 0.717) is 5.56 Å². The Hall–Kier alpha value is -1.53. The van der Waals surface area contributed by atoms with E-state index in [-0.39, 0.29) is 25.2 Å². The minimum absolute atomic E-state index is 0.0187. The molecule has 0 atom stereocenters. The SMILES string of the molecule is CN(Cc1ccc(F)c(F)c1)C(=O)COC1CCNCC1. The molecule has 1 saturated heterocycles. The van der Waals surface area contributed by atoms with Crippen LogP contribution in [0.25, 0.3) is 0 Å². The molecular weight excluding hydrogens is 278 g/mol. The molecule has 0 saturated carbocycles. The molecule has 1 amide bonds. The fraction of sp³-hybridized carbons (Fsp3) is 0.533. The van der Waals surface area contributed by atoms with Crippen LogP contribution >= 0.6 is 0 Å². The van der Waals surface area contributed by atoms with E-state index in [1.807, 2.05) is 0 Å². The summed E-state index contributed by atoms with van der Waals surface area (Å²) in [7, 11) is 1.62. The molecule has 2 rings (SSSR count). The van der Waals surface area contributed by atoms with E-state index in [2.05, 4.69) is 5.32 Å². The van der Waals surface area contributed by atoms with Gasteiger partial charge in [-0.25, -0.2) is 8.78 Å². The molecule has 0 aliphatic carbocycles. The van der Waals surface area contributed by atoms with Gasteiger partial charge in [-0.1, -0.05) is 6.07 Å². The van der Waals surface area contributed by atoms with Crippen LogP contribution in [0.1, 0.15) is 18.4 Å². The lowest BCUT2D eigenvalue weighted by Crippen LogP contribution is -2.36. The summed E-state index contributed by atoms with van der Waals surface area (Å²) in [6.07, 6.45) is 1.92. The van der Waals surface area contributed by atoms with Gasteiger partial charge in [-0.05, 0) is 43.6 Å². The normalized spacial score (nSPS) is 16.0. The summed E-state index contributed by atoms with van der Waals surface area (Å²) in [5.41, 5.74) is 0.548. The number of halogens is 2. The Balaban J connectivity index is 1.79. The van der Waals surface area contributed by atoms with Gasteiger partial charge >= 0.3 is 0 Å².